The fraction of sp³-hybridized carbons (Fsp3) is 0.450. The standard InChI is InChI=1S/C18H27N3O3.C2HF3O2/c1-4-6-13(21-18(23)16(19)5-2)9-12-17(22)20-14-7-10-15(24-3)11-8-14;3-2(4,5)1(6)7/h7-13,16H,4-6,19H2,1-3H3,(H,20,22)(H,21,23);(H,6,7)/b12-9+;/t13-,16-;/m0./s1. The van der Waals surface area contributed by atoms with Crippen LogP contribution in [0.4, 0.5) is 18.9 Å². The highest BCUT2D eigenvalue weighted by Gasteiger charge is 2.38. The molecule has 0 unspecified atom stereocenters. The fourth-order valence-electron chi connectivity index (χ4n) is 2.06. The molecule has 0 aliphatic heterocycles. The van der Waals surface area contributed by atoms with Gasteiger partial charge in [-0.3, -0.25) is 9.59 Å². The van der Waals surface area contributed by atoms with E-state index in [-0.39, 0.29) is 17.9 Å². The van der Waals surface area contributed by atoms with Gasteiger partial charge in [0.1, 0.15) is 5.75 Å². The minimum Gasteiger partial charge on any atom is -0.497 e. The third-order valence-electron chi connectivity index (χ3n) is 3.78. The number of carbonyl (C=O) groups excluding carboxylic acids is 2. The molecule has 0 aromatic heterocycles. The number of halogens is 3. The van der Waals surface area contributed by atoms with E-state index in [2.05, 4.69) is 10.6 Å². The zero-order valence-corrected chi connectivity index (χ0v) is 17.5. The predicted octanol–water partition coefficient (Wildman–Crippen LogP) is 2.85. The number of carboxylic acid groups (broad SMARTS) is 1. The van der Waals surface area contributed by atoms with Crippen molar-refractivity contribution in [3.8, 4) is 5.75 Å². The lowest BCUT2D eigenvalue weighted by Crippen LogP contribution is -2.44. The van der Waals surface area contributed by atoms with Gasteiger partial charge in [0.05, 0.1) is 13.2 Å². The number of carbonyl (C=O) groups is 3. The third kappa shape index (κ3) is 12.3. The number of anilines is 1. The lowest BCUT2D eigenvalue weighted by molar-refractivity contribution is -0.192. The molecular weight excluding hydrogens is 419 g/mol. The van der Waals surface area contributed by atoms with Crippen LogP contribution in [-0.2, 0) is 14.4 Å². The minimum absolute atomic E-state index is 0.198. The van der Waals surface area contributed by atoms with Crippen LogP contribution in [0.1, 0.15) is 33.1 Å². The van der Waals surface area contributed by atoms with Gasteiger partial charge in [0.15, 0.2) is 0 Å². The van der Waals surface area contributed by atoms with Gasteiger partial charge in [-0.25, -0.2) is 4.79 Å². The van der Waals surface area contributed by atoms with E-state index in [1.54, 1.807) is 37.5 Å². The largest absolute Gasteiger partial charge is 0.497 e. The van der Waals surface area contributed by atoms with Crippen LogP contribution in [0.3, 0.4) is 0 Å². The summed E-state index contributed by atoms with van der Waals surface area (Å²) >= 11 is 0. The molecule has 5 N–H and O–H groups in total. The zero-order chi connectivity index (χ0) is 24.0. The molecule has 1 aromatic carbocycles. The van der Waals surface area contributed by atoms with E-state index in [1.165, 1.54) is 6.08 Å². The van der Waals surface area contributed by atoms with E-state index in [4.69, 9.17) is 20.4 Å². The predicted molar refractivity (Wildman–Crippen MR) is 110 cm³/mol. The summed E-state index contributed by atoms with van der Waals surface area (Å²) in [6.45, 7) is 3.88. The first-order valence-electron chi connectivity index (χ1n) is 9.43. The number of hydrogen-bond donors (Lipinski definition) is 4. The normalized spacial score (nSPS) is 12.9. The molecule has 0 aliphatic rings. The molecule has 0 spiro atoms. The smallest absolute Gasteiger partial charge is 0.490 e. The number of ether oxygens (including phenoxy) is 1. The Morgan fingerprint density at radius 2 is 1.74 bits per heavy atom. The molecule has 2 amide bonds. The second-order valence-electron chi connectivity index (χ2n) is 6.30. The Morgan fingerprint density at radius 1 is 1.19 bits per heavy atom. The van der Waals surface area contributed by atoms with Crippen molar-refractivity contribution >= 4 is 23.5 Å². The SMILES string of the molecule is CCC[C@@H](/C=C/C(=O)Nc1ccc(OC)cc1)NC(=O)[C@@H](N)CC.O=C(O)C(F)(F)F. The summed E-state index contributed by atoms with van der Waals surface area (Å²) < 4.78 is 36.8. The highest BCUT2D eigenvalue weighted by Crippen LogP contribution is 2.15. The maximum absolute atomic E-state index is 12.0. The summed E-state index contributed by atoms with van der Waals surface area (Å²) in [5, 5.41) is 12.7. The first-order valence-corrected chi connectivity index (χ1v) is 9.43. The molecule has 1 rings (SSSR count). The second kappa shape index (κ2) is 14.0. The van der Waals surface area contributed by atoms with Crippen LogP contribution in [-0.4, -0.2) is 48.3 Å². The number of amides is 2. The van der Waals surface area contributed by atoms with Crippen molar-refractivity contribution in [1.29, 1.82) is 0 Å². The van der Waals surface area contributed by atoms with E-state index in [9.17, 15) is 22.8 Å². The summed E-state index contributed by atoms with van der Waals surface area (Å²) in [7, 11) is 1.59. The Morgan fingerprint density at radius 3 is 2.16 bits per heavy atom. The van der Waals surface area contributed by atoms with Crippen LogP contribution in [0.25, 0.3) is 0 Å². The number of alkyl halides is 3. The highest BCUT2D eigenvalue weighted by atomic mass is 19.4. The van der Waals surface area contributed by atoms with Crippen molar-refractivity contribution in [1.82, 2.24) is 5.32 Å². The number of hydrogen-bond acceptors (Lipinski definition) is 5. The zero-order valence-electron chi connectivity index (χ0n) is 17.5. The van der Waals surface area contributed by atoms with Gasteiger partial charge >= 0.3 is 12.1 Å². The summed E-state index contributed by atoms with van der Waals surface area (Å²) in [5.74, 6) is -2.49. The minimum atomic E-state index is -5.08. The molecule has 1 aromatic rings. The molecule has 0 heterocycles. The quantitative estimate of drug-likeness (QED) is 0.431. The van der Waals surface area contributed by atoms with E-state index in [0.717, 1.165) is 18.6 Å². The molecule has 11 heteroatoms. The second-order valence-corrected chi connectivity index (χ2v) is 6.30. The van der Waals surface area contributed by atoms with Crippen molar-refractivity contribution in [3.63, 3.8) is 0 Å². The number of nitrogens with two attached hydrogens (primary N) is 1. The summed E-state index contributed by atoms with van der Waals surface area (Å²) in [4.78, 5) is 32.8. The van der Waals surface area contributed by atoms with E-state index >= 15 is 0 Å². The van der Waals surface area contributed by atoms with E-state index < -0.39 is 18.2 Å². The van der Waals surface area contributed by atoms with Crippen LogP contribution in [0.2, 0.25) is 0 Å². The van der Waals surface area contributed by atoms with Crippen LogP contribution in [0, 0.1) is 0 Å². The first kappa shape index (κ1) is 27.9. The van der Waals surface area contributed by atoms with Gasteiger partial charge in [-0.2, -0.15) is 13.2 Å². The maximum atomic E-state index is 12.0. The molecule has 0 fully saturated rings. The summed E-state index contributed by atoms with van der Waals surface area (Å²) in [6.07, 6.45) is 0.253. The average molecular weight is 447 g/mol. The van der Waals surface area contributed by atoms with Crippen LogP contribution >= 0.6 is 0 Å². The van der Waals surface area contributed by atoms with Crippen molar-refractivity contribution in [2.75, 3.05) is 12.4 Å². The van der Waals surface area contributed by atoms with Gasteiger partial charge in [0.25, 0.3) is 0 Å². The Kier molecular flexibility index (Phi) is 12.6. The molecule has 31 heavy (non-hydrogen) atoms. The monoisotopic (exact) mass is 447 g/mol. The first-order chi connectivity index (χ1) is 14.4. The van der Waals surface area contributed by atoms with Gasteiger partial charge in [0.2, 0.25) is 11.8 Å². The molecule has 174 valence electrons. The lowest BCUT2D eigenvalue weighted by atomic mass is 10.1. The summed E-state index contributed by atoms with van der Waals surface area (Å²) in [6, 6.07) is 6.33. The van der Waals surface area contributed by atoms with Crippen molar-refractivity contribution in [2.45, 2.75) is 51.4 Å². The lowest BCUT2D eigenvalue weighted by Gasteiger charge is -2.17. The van der Waals surface area contributed by atoms with Gasteiger partial charge in [-0.1, -0.05) is 26.3 Å². The topological polar surface area (TPSA) is 131 Å². The van der Waals surface area contributed by atoms with Gasteiger partial charge < -0.3 is 26.2 Å². The number of carboxylic acids is 1. The molecule has 0 aliphatic carbocycles. The van der Waals surface area contributed by atoms with Crippen LogP contribution < -0.4 is 21.1 Å². The van der Waals surface area contributed by atoms with E-state index in [0.29, 0.717) is 12.1 Å². The fourth-order valence-corrected chi connectivity index (χ4v) is 2.06. The Hall–Kier alpha value is -3.08. The van der Waals surface area contributed by atoms with Gasteiger partial charge in [0, 0.05) is 17.8 Å². The molecule has 2 atom stereocenters. The Labute approximate surface area is 178 Å². The molecule has 0 radical (unpaired) electrons. The van der Waals surface area contributed by atoms with Crippen molar-refractivity contribution in [2.24, 2.45) is 5.73 Å². The summed E-state index contributed by atoms with van der Waals surface area (Å²) in [5.41, 5.74) is 6.39. The molecular formula is C20H28F3N3O5. The molecule has 0 saturated heterocycles. The number of aliphatic carboxylic acids is 1. The maximum Gasteiger partial charge on any atom is 0.490 e. The molecule has 0 saturated carbocycles. The van der Waals surface area contributed by atoms with Crippen molar-refractivity contribution < 1.29 is 37.4 Å². The van der Waals surface area contributed by atoms with Crippen LogP contribution in [0.5, 0.6) is 5.75 Å². The molecule has 8 nitrogen and oxygen atoms in total. The number of rotatable bonds is 9. The Bertz CT molecular complexity index is 737. The van der Waals surface area contributed by atoms with Crippen molar-refractivity contribution in [3.05, 3.63) is 36.4 Å². The highest BCUT2D eigenvalue weighted by molar-refractivity contribution is 5.99. The van der Waals surface area contributed by atoms with Crippen LogP contribution in [0.15, 0.2) is 36.4 Å². The number of benzene rings is 1. The average Bonchev–Trinajstić information content (AvgIpc) is 2.71. The van der Waals surface area contributed by atoms with Gasteiger partial charge in [-0.05, 0) is 37.1 Å². The Balaban J connectivity index is 0.00000110. The van der Waals surface area contributed by atoms with Gasteiger partial charge in [-0.15, -0.1) is 0 Å². The number of methoxy groups -OCH3 is 1. The number of nitrogens with one attached hydrogen (secondary N) is 2. The van der Waals surface area contributed by atoms with E-state index in [1.807, 2.05) is 13.8 Å². The third-order valence-corrected chi connectivity index (χ3v) is 3.78. The molecule has 0 bridgehead atoms.